The highest BCUT2D eigenvalue weighted by atomic mass is 16.3. The number of likely N-dealkylation sites (tertiary alicyclic amines) is 1. The summed E-state index contributed by atoms with van der Waals surface area (Å²) in [5.74, 6) is 0.757. The SMILES string of the molecule is Cc1ccc(C(=O)N2CCC(C3CCCN3)CC2)c(O)c1. The van der Waals surface area contributed by atoms with Crippen LogP contribution in [0.15, 0.2) is 18.2 Å². The Morgan fingerprint density at radius 3 is 2.67 bits per heavy atom. The molecule has 2 heterocycles. The summed E-state index contributed by atoms with van der Waals surface area (Å²) in [5.41, 5.74) is 1.40. The summed E-state index contributed by atoms with van der Waals surface area (Å²) in [6, 6.07) is 5.91. The van der Waals surface area contributed by atoms with Gasteiger partial charge in [0.1, 0.15) is 5.75 Å². The van der Waals surface area contributed by atoms with Gasteiger partial charge in [-0.3, -0.25) is 4.79 Å². The second kappa shape index (κ2) is 6.06. The van der Waals surface area contributed by atoms with E-state index in [4.69, 9.17) is 0 Å². The summed E-state index contributed by atoms with van der Waals surface area (Å²) in [5, 5.41) is 13.5. The number of carbonyl (C=O) groups is 1. The van der Waals surface area contributed by atoms with Crippen LogP contribution in [0.1, 0.15) is 41.6 Å². The standard InChI is InChI=1S/C17H24N2O2/c1-12-4-5-14(16(20)11-12)17(21)19-9-6-13(7-10-19)15-3-2-8-18-15/h4-5,11,13,15,18,20H,2-3,6-10H2,1H3. The minimum absolute atomic E-state index is 0.0367. The van der Waals surface area contributed by atoms with E-state index in [9.17, 15) is 9.90 Å². The molecule has 4 nitrogen and oxygen atoms in total. The molecule has 2 N–H and O–H groups in total. The highest BCUT2D eigenvalue weighted by Gasteiger charge is 2.30. The van der Waals surface area contributed by atoms with Crippen molar-refractivity contribution >= 4 is 5.91 Å². The van der Waals surface area contributed by atoms with Crippen LogP contribution in [0, 0.1) is 12.8 Å². The fraction of sp³-hybridized carbons (Fsp3) is 0.588. The predicted molar refractivity (Wildman–Crippen MR) is 82.5 cm³/mol. The van der Waals surface area contributed by atoms with Gasteiger partial charge >= 0.3 is 0 Å². The maximum absolute atomic E-state index is 12.5. The van der Waals surface area contributed by atoms with Crippen LogP contribution in [-0.4, -0.2) is 41.6 Å². The summed E-state index contributed by atoms with van der Waals surface area (Å²) in [6.45, 7) is 4.65. The van der Waals surface area contributed by atoms with Crippen LogP contribution in [-0.2, 0) is 0 Å². The van der Waals surface area contributed by atoms with Crippen LogP contribution in [0.25, 0.3) is 0 Å². The lowest BCUT2D eigenvalue weighted by Crippen LogP contribution is -2.43. The zero-order chi connectivity index (χ0) is 14.8. The van der Waals surface area contributed by atoms with Crippen LogP contribution in [0.5, 0.6) is 5.75 Å². The van der Waals surface area contributed by atoms with Crippen LogP contribution in [0.2, 0.25) is 0 Å². The van der Waals surface area contributed by atoms with Crippen molar-refractivity contribution in [2.45, 2.75) is 38.6 Å². The molecule has 114 valence electrons. The molecule has 3 rings (SSSR count). The Morgan fingerprint density at radius 1 is 1.29 bits per heavy atom. The first-order valence-corrected chi connectivity index (χ1v) is 7.97. The summed E-state index contributed by atoms with van der Waals surface area (Å²) >= 11 is 0. The molecule has 0 aliphatic carbocycles. The number of rotatable bonds is 2. The molecule has 1 unspecified atom stereocenters. The quantitative estimate of drug-likeness (QED) is 0.878. The minimum Gasteiger partial charge on any atom is -0.507 e. The predicted octanol–water partition coefficient (Wildman–Crippen LogP) is 2.30. The average molecular weight is 288 g/mol. The van der Waals surface area contributed by atoms with E-state index in [0.29, 0.717) is 17.5 Å². The van der Waals surface area contributed by atoms with Gasteiger partial charge in [-0.15, -0.1) is 0 Å². The number of aryl methyl sites for hydroxylation is 1. The second-order valence-electron chi connectivity index (χ2n) is 6.35. The second-order valence-corrected chi connectivity index (χ2v) is 6.35. The number of nitrogens with zero attached hydrogens (tertiary/aromatic N) is 1. The Hall–Kier alpha value is -1.55. The number of hydrogen-bond donors (Lipinski definition) is 2. The van der Waals surface area contributed by atoms with Crippen molar-refractivity contribution in [3.8, 4) is 5.75 Å². The van der Waals surface area contributed by atoms with Crippen LogP contribution in [0.4, 0.5) is 0 Å². The number of hydrogen-bond acceptors (Lipinski definition) is 3. The number of phenols is 1. The number of piperidine rings is 1. The average Bonchev–Trinajstić information content (AvgIpc) is 3.01. The fourth-order valence-electron chi connectivity index (χ4n) is 3.61. The Morgan fingerprint density at radius 2 is 2.05 bits per heavy atom. The van der Waals surface area contributed by atoms with Gasteiger partial charge in [0.25, 0.3) is 5.91 Å². The van der Waals surface area contributed by atoms with Gasteiger partial charge in [-0.2, -0.15) is 0 Å². The molecule has 1 amide bonds. The van der Waals surface area contributed by atoms with Crippen molar-refractivity contribution in [1.82, 2.24) is 10.2 Å². The zero-order valence-corrected chi connectivity index (χ0v) is 12.6. The fourth-order valence-corrected chi connectivity index (χ4v) is 3.61. The van der Waals surface area contributed by atoms with Crippen molar-refractivity contribution in [1.29, 1.82) is 0 Å². The third kappa shape index (κ3) is 3.05. The highest BCUT2D eigenvalue weighted by Crippen LogP contribution is 2.28. The first-order valence-electron chi connectivity index (χ1n) is 7.97. The van der Waals surface area contributed by atoms with Gasteiger partial charge in [0.05, 0.1) is 5.56 Å². The highest BCUT2D eigenvalue weighted by molar-refractivity contribution is 5.97. The molecule has 1 aromatic carbocycles. The van der Waals surface area contributed by atoms with Crippen molar-refractivity contribution in [2.24, 2.45) is 5.92 Å². The van der Waals surface area contributed by atoms with Gasteiger partial charge in [0.15, 0.2) is 0 Å². The van der Waals surface area contributed by atoms with E-state index in [0.717, 1.165) is 38.0 Å². The van der Waals surface area contributed by atoms with Gasteiger partial charge in [-0.05, 0) is 62.8 Å². The number of amides is 1. The van der Waals surface area contributed by atoms with E-state index in [1.165, 1.54) is 12.8 Å². The van der Waals surface area contributed by atoms with E-state index in [1.807, 2.05) is 17.9 Å². The van der Waals surface area contributed by atoms with Crippen molar-refractivity contribution in [3.05, 3.63) is 29.3 Å². The minimum atomic E-state index is -0.0367. The molecule has 2 saturated heterocycles. The Bertz CT molecular complexity index is 516. The smallest absolute Gasteiger partial charge is 0.257 e. The Labute approximate surface area is 126 Å². The van der Waals surface area contributed by atoms with E-state index in [2.05, 4.69) is 5.32 Å². The van der Waals surface area contributed by atoms with E-state index < -0.39 is 0 Å². The van der Waals surface area contributed by atoms with E-state index in [1.54, 1.807) is 12.1 Å². The molecule has 2 fully saturated rings. The Balaban J connectivity index is 1.62. The topological polar surface area (TPSA) is 52.6 Å². The molecule has 0 radical (unpaired) electrons. The third-order valence-corrected chi connectivity index (χ3v) is 4.88. The summed E-state index contributed by atoms with van der Waals surface area (Å²) in [6.07, 6.45) is 4.68. The summed E-state index contributed by atoms with van der Waals surface area (Å²) in [4.78, 5) is 14.4. The largest absolute Gasteiger partial charge is 0.507 e. The lowest BCUT2D eigenvalue weighted by atomic mass is 9.88. The molecule has 2 aliphatic heterocycles. The number of nitrogens with one attached hydrogen (secondary N) is 1. The molecule has 1 atom stereocenters. The van der Waals surface area contributed by atoms with E-state index in [-0.39, 0.29) is 11.7 Å². The monoisotopic (exact) mass is 288 g/mol. The number of phenolic OH excluding ortho intramolecular Hbond substituents is 1. The summed E-state index contributed by atoms with van der Waals surface area (Å²) < 4.78 is 0. The molecular formula is C17H24N2O2. The van der Waals surface area contributed by atoms with Crippen LogP contribution in [0.3, 0.4) is 0 Å². The number of benzene rings is 1. The van der Waals surface area contributed by atoms with Crippen molar-refractivity contribution < 1.29 is 9.90 Å². The number of carbonyl (C=O) groups excluding carboxylic acids is 1. The maximum Gasteiger partial charge on any atom is 0.257 e. The van der Waals surface area contributed by atoms with Crippen LogP contribution < -0.4 is 5.32 Å². The molecule has 4 heteroatoms. The molecule has 0 bridgehead atoms. The van der Waals surface area contributed by atoms with E-state index >= 15 is 0 Å². The van der Waals surface area contributed by atoms with Gasteiger partial charge in [0.2, 0.25) is 0 Å². The molecule has 2 aliphatic rings. The van der Waals surface area contributed by atoms with Gasteiger partial charge < -0.3 is 15.3 Å². The molecular weight excluding hydrogens is 264 g/mol. The van der Waals surface area contributed by atoms with Crippen molar-refractivity contribution in [3.63, 3.8) is 0 Å². The van der Waals surface area contributed by atoms with Gasteiger partial charge in [0, 0.05) is 19.1 Å². The third-order valence-electron chi connectivity index (χ3n) is 4.88. The number of aromatic hydroxyl groups is 1. The Kier molecular flexibility index (Phi) is 4.15. The summed E-state index contributed by atoms with van der Waals surface area (Å²) in [7, 11) is 0. The lowest BCUT2D eigenvalue weighted by Gasteiger charge is -2.35. The zero-order valence-electron chi connectivity index (χ0n) is 12.6. The lowest BCUT2D eigenvalue weighted by molar-refractivity contribution is 0.0671. The molecule has 0 aromatic heterocycles. The van der Waals surface area contributed by atoms with Crippen molar-refractivity contribution in [2.75, 3.05) is 19.6 Å². The normalized spacial score (nSPS) is 23.5. The van der Waals surface area contributed by atoms with Gasteiger partial charge in [-0.25, -0.2) is 0 Å². The molecule has 1 aromatic rings. The first-order chi connectivity index (χ1) is 10.1. The maximum atomic E-state index is 12.5. The first kappa shape index (κ1) is 14.4. The molecule has 0 spiro atoms. The van der Waals surface area contributed by atoms with Crippen LogP contribution >= 0.6 is 0 Å². The van der Waals surface area contributed by atoms with Gasteiger partial charge in [-0.1, -0.05) is 6.07 Å². The molecule has 21 heavy (non-hydrogen) atoms. The molecule has 0 saturated carbocycles.